The second kappa shape index (κ2) is 4.03. The lowest BCUT2D eigenvalue weighted by atomic mass is 9.92. The van der Waals surface area contributed by atoms with Crippen molar-refractivity contribution in [1.82, 2.24) is 0 Å². The molecule has 1 atom stereocenters. The zero-order valence-corrected chi connectivity index (χ0v) is 9.86. The number of aromatic hydroxyl groups is 2. The highest BCUT2D eigenvalue weighted by Gasteiger charge is 2.52. The van der Waals surface area contributed by atoms with Gasteiger partial charge in [-0.15, -0.1) is 0 Å². The van der Waals surface area contributed by atoms with Gasteiger partial charge in [-0.05, 0) is 30.5 Å². The predicted octanol–water partition coefficient (Wildman–Crippen LogP) is 3.02. The number of rotatable bonds is 1. The first-order valence-corrected chi connectivity index (χ1v) is 5.39. The first-order chi connectivity index (χ1) is 8.64. The number of hydrogen-bond donors (Lipinski definition) is 3. The summed E-state index contributed by atoms with van der Waals surface area (Å²) in [6, 6.07) is 6.35. The minimum Gasteiger partial charge on any atom is -0.508 e. The van der Waals surface area contributed by atoms with E-state index in [-0.39, 0.29) is 11.1 Å². The van der Waals surface area contributed by atoms with Crippen molar-refractivity contribution in [2.45, 2.75) is 18.7 Å². The molecule has 0 fully saturated rings. The zero-order chi connectivity index (χ0) is 14.4. The minimum atomic E-state index is -4.94. The van der Waals surface area contributed by atoms with Gasteiger partial charge in [-0.1, -0.05) is 12.1 Å². The van der Waals surface area contributed by atoms with E-state index in [2.05, 4.69) is 0 Å². The van der Waals surface area contributed by atoms with Crippen LogP contribution in [0.3, 0.4) is 0 Å². The third-order valence-corrected chi connectivity index (χ3v) is 3.05. The molecule has 1 unspecified atom stereocenters. The summed E-state index contributed by atoms with van der Waals surface area (Å²) in [6.45, 7) is 0.549. The van der Waals surface area contributed by atoms with Crippen molar-refractivity contribution in [3.8, 4) is 11.5 Å². The average Bonchev–Trinajstić information content (AvgIpc) is 2.26. The maximum atomic E-state index is 12.8. The van der Waals surface area contributed by atoms with Crippen molar-refractivity contribution in [1.29, 1.82) is 0 Å². The summed E-state index contributed by atoms with van der Waals surface area (Å²) in [6.07, 6.45) is -4.94. The quantitative estimate of drug-likeness (QED) is 0.747. The minimum absolute atomic E-state index is 0.125. The highest BCUT2D eigenvalue weighted by molar-refractivity contribution is 5.90. The first-order valence-electron chi connectivity index (χ1n) is 5.39. The van der Waals surface area contributed by atoms with Gasteiger partial charge in [0.1, 0.15) is 11.5 Å². The van der Waals surface area contributed by atoms with E-state index in [1.165, 1.54) is 18.2 Å². The summed E-state index contributed by atoms with van der Waals surface area (Å²) in [5, 5.41) is 29.4. The second-order valence-corrected chi connectivity index (χ2v) is 4.44. The summed E-state index contributed by atoms with van der Waals surface area (Å²) in [5.74, 6) is -0.905. The number of hydrogen-bond acceptors (Lipinski definition) is 3. The van der Waals surface area contributed by atoms with E-state index in [1.54, 1.807) is 0 Å². The fourth-order valence-electron chi connectivity index (χ4n) is 1.84. The maximum absolute atomic E-state index is 12.8. The smallest absolute Gasteiger partial charge is 0.421 e. The third-order valence-electron chi connectivity index (χ3n) is 3.05. The molecule has 19 heavy (non-hydrogen) atoms. The molecule has 0 saturated carbocycles. The fourth-order valence-corrected chi connectivity index (χ4v) is 1.84. The van der Waals surface area contributed by atoms with Gasteiger partial charge in [-0.2, -0.15) is 13.2 Å². The van der Waals surface area contributed by atoms with E-state index >= 15 is 0 Å². The SMILES string of the molecule is CC(O)(c1cc2c(O)cccc2cc1O)C(F)(F)F. The van der Waals surface area contributed by atoms with Gasteiger partial charge in [0.25, 0.3) is 0 Å². The Morgan fingerprint density at radius 2 is 1.63 bits per heavy atom. The molecule has 6 heteroatoms. The average molecular weight is 272 g/mol. The van der Waals surface area contributed by atoms with Crippen LogP contribution in [0.5, 0.6) is 11.5 Å². The van der Waals surface area contributed by atoms with Crippen molar-refractivity contribution in [3.05, 3.63) is 35.9 Å². The van der Waals surface area contributed by atoms with Crippen LogP contribution in [-0.2, 0) is 5.60 Å². The van der Waals surface area contributed by atoms with E-state index in [9.17, 15) is 28.5 Å². The van der Waals surface area contributed by atoms with Crippen molar-refractivity contribution in [3.63, 3.8) is 0 Å². The molecule has 0 aliphatic rings. The highest BCUT2D eigenvalue weighted by Crippen LogP contribution is 2.44. The van der Waals surface area contributed by atoms with Gasteiger partial charge < -0.3 is 15.3 Å². The Morgan fingerprint density at radius 3 is 2.21 bits per heavy atom. The molecule has 0 aromatic heterocycles. The molecule has 0 aliphatic heterocycles. The molecular weight excluding hydrogens is 261 g/mol. The second-order valence-electron chi connectivity index (χ2n) is 4.44. The molecule has 2 rings (SSSR count). The van der Waals surface area contributed by atoms with Crippen LogP contribution in [0.2, 0.25) is 0 Å². The number of aliphatic hydroxyl groups is 1. The highest BCUT2D eigenvalue weighted by atomic mass is 19.4. The standard InChI is InChI=1S/C13H11F3O3/c1-12(19,13(14,15)16)9-6-8-7(5-11(9)18)3-2-4-10(8)17/h2-6,17-19H,1H3. The van der Waals surface area contributed by atoms with Crippen LogP contribution in [0.1, 0.15) is 12.5 Å². The molecule has 102 valence electrons. The summed E-state index contributed by atoms with van der Waals surface area (Å²) in [7, 11) is 0. The first kappa shape index (κ1) is 13.5. The number of benzene rings is 2. The predicted molar refractivity (Wildman–Crippen MR) is 62.9 cm³/mol. The summed E-state index contributed by atoms with van der Waals surface area (Å²) < 4.78 is 38.3. The van der Waals surface area contributed by atoms with Crippen LogP contribution in [-0.4, -0.2) is 21.5 Å². The van der Waals surface area contributed by atoms with Gasteiger partial charge in [-0.25, -0.2) is 0 Å². The Labute approximate surface area is 106 Å². The molecule has 3 N–H and O–H groups in total. The third kappa shape index (κ3) is 2.08. The van der Waals surface area contributed by atoms with Crippen molar-refractivity contribution in [2.75, 3.05) is 0 Å². The fraction of sp³-hybridized carbons (Fsp3) is 0.231. The molecule has 2 aromatic carbocycles. The Balaban J connectivity index is 2.75. The van der Waals surface area contributed by atoms with Crippen LogP contribution >= 0.6 is 0 Å². The van der Waals surface area contributed by atoms with Gasteiger partial charge in [0.2, 0.25) is 0 Å². The van der Waals surface area contributed by atoms with Crippen LogP contribution in [0.25, 0.3) is 10.8 Å². The molecule has 0 radical (unpaired) electrons. The number of phenolic OH excluding ortho intramolecular Hbond substituents is 2. The largest absolute Gasteiger partial charge is 0.508 e. The molecule has 0 amide bonds. The maximum Gasteiger partial charge on any atom is 0.421 e. The van der Waals surface area contributed by atoms with E-state index in [4.69, 9.17) is 0 Å². The number of fused-ring (bicyclic) bond motifs is 1. The van der Waals surface area contributed by atoms with Crippen LogP contribution in [0.4, 0.5) is 13.2 Å². The Hall–Kier alpha value is -1.95. The van der Waals surface area contributed by atoms with E-state index < -0.39 is 23.1 Å². The molecule has 3 nitrogen and oxygen atoms in total. The molecule has 0 spiro atoms. The molecule has 2 aromatic rings. The van der Waals surface area contributed by atoms with Crippen LogP contribution in [0.15, 0.2) is 30.3 Å². The van der Waals surface area contributed by atoms with E-state index in [0.29, 0.717) is 12.3 Å². The topological polar surface area (TPSA) is 60.7 Å². The van der Waals surface area contributed by atoms with Gasteiger partial charge in [0.05, 0.1) is 0 Å². The normalized spacial score (nSPS) is 15.4. The lowest BCUT2D eigenvalue weighted by Crippen LogP contribution is -2.39. The lowest BCUT2D eigenvalue weighted by molar-refractivity contribution is -0.259. The summed E-state index contributed by atoms with van der Waals surface area (Å²) >= 11 is 0. The monoisotopic (exact) mass is 272 g/mol. The van der Waals surface area contributed by atoms with Crippen LogP contribution < -0.4 is 0 Å². The van der Waals surface area contributed by atoms with E-state index in [1.807, 2.05) is 0 Å². The summed E-state index contributed by atoms with van der Waals surface area (Å²) in [4.78, 5) is 0. The van der Waals surface area contributed by atoms with E-state index in [0.717, 1.165) is 12.1 Å². The molecule has 0 heterocycles. The van der Waals surface area contributed by atoms with Gasteiger partial charge >= 0.3 is 6.18 Å². The van der Waals surface area contributed by atoms with Gasteiger partial charge in [-0.3, -0.25) is 0 Å². The van der Waals surface area contributed by atoms with Gasteiger partial charge in [0.15, 0.2) is 5.60 Å². The number of phenols is 2. The molecule has 0 saturated heterocycles. The Kier molecular flexibility index (Phi) is 2.86. The van der Waals surface area contributed by atoms with Gasteiger partial charge in [0, 0.05) is 10.9 Å². The van der Waals surface area contributed by atoms with Crippen molar-refractivity contribution >= 4 is 10.8 Å². The summed E-state index contributed by atoms with van der Waals surface area (Å²) in [5.41, 5.74) is -3.90. The zero-order valence-electron chi connectivity index (χ0n) is 9.86. The van der Waals surface area contributed by atoms with Crippen molar-refractivity contribution < 1.29 is 28.5 Å². The number of alkyl halides is 3. The number of halogens is 3. The Morgan fingerprint density at radius 1 is 1.00 bits per heavy atom. The van der Waals surface area contributed by atoms with Crippen LogP contribution in [0, 0.1) is 0 Å². The molecule has 0 bridgehead atoms. The lowest BCUT2D eigenvalue weighted by Gasteiger charge is -2.27. The molecular formula is C13H11F3O3. The van der Waals surface area contributed by atoms with Crippen molar-refractivity contribution in [2.24, 2.45) is 0 Å². The molecule has 0 aliphatic carbocycles. The Bertz CT molecular complexity index is 633.